The van der Waals surface area contributed by atoms with E-state index in [4.69, 9.17) is 14.5 Å². The quantitative estimate of drug-likeness (QED) is 0.265. The molecule has 0 radical (unpaired) electrons. The molecule has 0 N–H and O–H groups in total. The lowest BCUT2D eigenvalue weighted by atomic mass is 9.74. The molecule has 0 amide bonds. The molecule has 226 valence electrons. The molecule has 0 bridgehead atoms. The molecule has 1 aliphatic heterocycles. The van der Waals surface area contributed by atoms with Crippen molar-refractivity contribution in [3.63, 3.8) is 0 Å². The van der Waals surface area contributed by atoms with Crippen LogP contribution in [0.5, 0.6) is 0 Å². The zero-order valence-electron chi connectivity index (χ0n) is 26.9. The maximum atomic E-state index is 14.2. The number of aliphatic imine (C=N–C) groups is 1. The normalized spacial score (nSPS) is 32.6. The molecule has 41 heavy (non-hydrogen) atoms. The largest absolute Gasteiger partial charge is 0.462 e. The van der Waals surface area contributed by atoms with Crippen LogP contribution in [0.1, 0.15) is 105 Å². The van der Waals surface area contributed by atoms with Gasteiger partial charge in [-0.05, 0) is 81.1 Å². The number of nitrogens with zero attached hydrogens (tertiary/aromatic N) is 2. The number of aryl methyl sites for hydroxylation is 1. The molecular formula is C35H53N2O4+. The number of ether oxygens (including phenoxy) is 2. The van der Waals surface area contributed by atoms with Gasteiger partial charge in [-0.3, -0.25) is 9.79 Å². The van der Waals surface area contributed by atoms with E-state index in [1.165, 1.54) is 6.42 Å². The van der Waals surface area contributed by atoms with Crippen LogP contribution in [0.3, 0.4) is 0 Å². The predicted octanol–water partition coefficient (Wildman–Crippen LogP) is 6.97. The van der Waals surface area contributed by atoms with Gasteiger partial charge < -0.3 is 9.47 Å². The Balaban J connectivity index is 1.70. The Morgan fingerprint density at radius 1 is 0.902 bits per heavy atom. The molecule has 8 unspecified atom stereocenters. The van der Waals surface area contributed by atoms with Gasteiger partial charge in [0.25, 0.3) is 0 Å². The monoisotopic (exact) mass is 565 g/mol. The van der Waals surface area contributed by atoms with Gasteiger partial charge in [0.2, 0.25) is 0 Å². The molecule has 2 fully saturated rings. The van der Waals surface area contributed by atoms with Crippen molar-refractivity contribution in [2.24, 2.45) is 53.5 Å². The van der Waals surface area contributed by atoms with Crippen LogP contribution in [-0.4, -0.2) is 29.9 Å². The highest BCUT2D eigenvalue weighted by Gasteiger charge is 2.46. The fourth-order valence-electron chi connectivity index (χ4n) is 7.69. The highest BCUT2D eigenvalue weighted by atomic mass is 16.5. The maximum Gasteiger partial charge on any atom is 0.336 e. The molecule has 1 aromatic rings. The molecule has 8 atom stereocenters. The minimum absolute atomic E-state index is 0.121. The number of carbonyl (C=O) groups is 2. The molecule has 6 nitrogen and oxygen atoms in total. The van der Waals surface area contributed by atoms with Crippen molar-refractivity contribution >= 4 is 17.7 Å². The first-order chi connectivity index (χ1) is 19.4. The maximum absolute atomic E-state index is 14.2. The van der Waals surface area contributed by atoms with E-state index in [9.17, 15) is 9.59 Å². The Hall–Kier alpha value is -2.50. The summed E-state index contributed by atoms with van der Waals surface area (Å²) in [6.45, 7) is 17.1. The van der Waals surface area contributed by atoms with Gasteiger partial charge >= 0.3 is 11.9 Å². The second-order valence-electron chi connectivity index (χ2n) is 14.1. The van der Waals surface area contributed by atoms with Crippen LogP contribution in [0.15, 0.2) is 40.8 Å². The van der Waals surface area contributed by atoms with E-state index in [1.54, 1.807) is 0 Å². The molecular weight excluding hydrogens is 512 g/mol. The van der Waals surface area contributed by atoms with E-state index in [-0.39, 0.29) is 24.1 Å². The van der Waals surface area contributed by atoms with Gasteiger partial charge in [-0.1, -0.05) is 54.4 Å². The fourth-order valence-corrected chi connectivity index (χ4v) is 7.69. The van der Waals surface area contributed by atoms with Gasteiger partial charge in [0.05, 0.1) is 5.57 Å². The molecule has 2 heterocycles. The zero-order valence-corrected chi connectivity index (χ0v) is 26.9. The lowest BCUT2D eigenvalue weighted by Crippen LogP contribution is -2.43. The Morgan fingerprint density at radius 3 is 2.00 bits per heavy atom. The van der Waals surface area contributed by atoms with Gasteiger partial charge in [-0.2, -0.15) is 0 Å². The Kier molecular flexibility index (Phi) is 10.1. The van der Waals surface area contributed by atoms with Crippen LogP contribution in [0.4, 0.5) is 0 Å². The topological polar surface area (TPSA) is 68.8 Å². The summed E-state index contributed by atoms with van der Waals surface area (Å²) in [5, 5.41) is 0. The Morgan fingerprint density at radius 2 is 1.46 bits per heavy atom. The van der Waals surface area contributed by atoms with Crippen LogP contribution >= 0.6 is 0 Å². The van der Waals surface area contributed by atoms with Crippen molar-refractivity contribution in [1.29, 1.82) is 0 Å². The number of hydrogen-bond acceptors (Lipinski definition) is 5. The summed E-state index contributed by atoms with van der Waals surface area (Å²) in [6, 6.07) is 3.97. The van der Waals surface area contributed by atoms with Gasteiger partial charge in [0.15, 0.2) is 12.4 Å². The number of allylic oxidation sites excluding steroid dienone is 1. The number of esters is 2. The molecule has 0 aromatic carbocycles. The third-order valence-corrected chi connectivity index (χ3v) is 10.1. The van der Waals surface area contributed by atoms with E-state index in [1.807, 2.05) is 50.0 Å². The van der Waals surface area contributed by atoms with E-state index >= 15 is 0 Å². The van der Waals surface area contributed by atoms with Gasteiger partial charge in [0, 0.05) is 29.0 Å². The second-order valence-corrected chi connectivity index (χ2v) is 14.1. The summed E-state index contributed by atoms with van der Waals surface area (Å²) in [5.74, 6) is 0.755. The lowest BCUT2D eigenvalue weighted by molar-refractivity contribution is -0.672. The van der Waals surface area contributed by atoms with Crippen molar-refractivity contribution in [3.05, 3.63) is 41.4 Å². The summed E-state index contributed by atoms with van der Waals surface area (Å²) in [6.07, 6.45) is 9.92. The highest BCUT2D eigenvalue weighted by Crippen LogP contribution is 2.43. The van der Waals surface area contributed by atoms with Crippen molar-refractivity contribution < 1.29 is 23.6 Å². The Bertz CT molecular complexity index is 1170. The number of pyridine rings is 1. The smallest absolute Gasteiger partial charge is 0.336 e. The van der Waals surface area contributed by atoms with Crippen LogP contribution < -0.4 is 4.57 Å². The van der Waals surface area contributed by atoms with Crippen LogP contribution in [0, 0.1) is 41.4 Å². The summed E-state index contributed by atoms with van der Waals surface area (Å²) in [5.41, 5.74) is 2.70. The van der Waals surface area contributed by atoms with Crippen LogP contribution in [-0.2, 0) is 26.1 Å². The molecule has 1 aromatic heterocycles. The SMILES string of the molecule is CC1=NC(C)=C(C(=O)OC2CC(C)CCC2C(C)C)C(c2ccc[n+](C)c2)C1C(=O)OC1CC(C)CCC1C(C)C. The first-order valence-electron chi connectivity index (χ1n) is 16.0. The van der Waals surface area contributed by atoms with Crippen LogP contribution in [0.2, 0.25) is 0 Å². The number of hydrogen-bond donors (Lipinski definition) is 0. The average Bonchev–Trinajstić information content (AvgIpc) is 2.87. The number of carbonyl (C=O) groups excluding carboxylic acids is 2. The zero-order chi connectivity index (χ0) is 30.0. The highest BCUT2D eigenvalue weighted by molar-refractivity contribution is 6.07. The van der Waals surface area contributed by atoms with E-state index < -0.39 is 11.8 Å². The molecule has 6 heteroatoms. The summed E-state index contributed by atoms with van der Waals surface area (Å²) < 4.78 is 14.7. The molecule has 3 aliphatic rings. The lowest BCUT2D eigenvalue weighted by Gasteiger charge is -2.39. The minimum Gasteiger partial charge on any atom is -0.462 e. The third kappa shape index (κ3) is 7.11. The summed E-state index contributed by atoms with van der Waals surface area (Å²) in [7, 11) is 1.96. The van der Waals surface area contributed by atoms with Crippen molar-refractivity contribution in [1.82, 2.24) is 0 Å². The van der Waals surface area contributed by atoms with E-state index in [0.29, 0.717) is 52.5 Å². The van der Waals surface area contributed by atoms with Gasteiger partial charge in [0.1, 0.15) is 25.2 Å². The van der Waals surface area contributed by atoms with Crippen LogP contribution in [0.25, 0.3) is 0 Å². The predicted molar refractivity (Wildman–Crippen MR) is 162 cm³/mol. The van der Waals surface area contributed by atoms with Crippen molar-refractivity contribution in [2.45, 2.75) is 112 Å². The molecule has 0 saturated heterocycles. The first kappa shape index (κ1) is 31.4. The standard InChI is InChI=1S/C35H53N2O4/c1-20(2)27-14-12-22(5)17-29(27)40-34(38)31-24(7)36-25(8)32(33(31)26-11-10-16-37(9)19-26)35(39)41-30-18-23(6)13-15-28(30)21(3)4/h10-11,16,19-23,27-31,33H,12-15,17-18H2,1-9H3/q+1. The molecule has 2 saturated carbocycles. The summed E-state index contributed by atoms with van der Waals surface area (Å²) in [4.78, 5) is 33.1. The third-order valence-electron chi connectivity index (χ3n) is 10.1. The first-order valence-corrected chi connectivity index (χ1v) is 16.0. The minimum atomic E-state index is -0.681. The van der Waals surface area contributed by atoms with Crippen molar-refractivity contribution in [2.75, 3.05) is 0 Å². The van der Waals surface area contributed by atoms with Gasteiger partial charge in [-0.15, -0.1) is 0 Å². The summed E-state index contributed by atoms with van der Waals surface area (Å²) >= 11 is 0. The van der Waals surface area contributed by atoms with E-state index in [2.05, 4.69) is 41.5 Å². The number of aromatic nitrogens is 1. The average molecular weight is 566 g/mol. The molecule has 0 spiro atoms. The van der Waals surface area contributed by atoms with E-state index in [0.717, 1.165) is 37.7 Å². The Labute approximate surface area is 248 Å². The molecule has 2 aliphatic carbocycles. The second kappa shape index (κ2) is 13.2. The number of rotatable bonds is 7. The van der Waals surface area contributed by atoms with Crippen molar-refractivity contribution in [3.8, 4) is 0 Å². The fraction of sp³-hybridized carbons (Fsp3) is 0.714. The van der Waals surface area contributed by atoms with Gasteiger partial charge in [-0.25, -0.2) is 9.36 Å². The molecule has 4 rings (SSSR count).